The molecule has 136 valence electrons. The summed E-state index contributed by atoms with van der Waals surface area (Å²) in [6, 6.07) is 8.58. The lowest BCUT2D eigenvalue weighted by Crippen LogP contribution is -2.38. The van der Waals surface area contributed by atoms with Gasteiger partial charge in [0.2, 0.25) is 0 Å². The van der Waals surface area contributed by atoms with E-state index in [1.807, 2.05) is 7.05 Å². The van der Waals surface area contributed by atoms with Gasteiger partial charge in [-0.3, -0.25) is 9.89 Å². The molecule has 0 spiro atoms. The molecule has 0 saturated carbocycles. The van der Waals surface area contributed by atoms with E-state index < -0.39 is 0 Å². The zero-order chi connectivity index (χ0) is 16.3. The smallest absolute Gasteiger partial charge is 0.191 e. The van der Waals surface area contributed by atoms with Crippen LogP contribution in [0, 0.1) is 6.92 Å². The van der Waals surface area contributed by atoms with Gasteiger partial charge in [0.25, 0.3) is 0 Å². The molecule has 5 nitrogen and oxygen atoms in total. The first-order chi connectivity index (χ1) is 11.3. The van der Waals surface area contributed by atoms with Crippen molar-refractivity contribution in [3.05, 3.63) is 35.4 Å². The minimum Gasteiger partial charge on any atom is -0.379 e. The van der Waals surface area contributed by atoms with Gasteiger partial charge in [-0.05, 0) is 31.9 Å². The number of guanidine groups is 1. The number of nitrogens with one attached hydrogen (secondary N) is 2. The minimum absolute atomic E-state index is 0. The molecule has 0 aromatic heterocycles. The highest BCUT2D eigenvalue weighted by atomic mass is 127. The number of unbranched alkanes of at least 4 members (excludes halogenated alkanes) is 1. The molecule has 0 radical (unpaired) electrons. The van der Waals surface area contributed by atoms with Crippen molar-refractivity contribution in [1.29, 1.82) is 0 Å². The Morgan fingerprint density at radius 1 is 1.12 bits per heavy atom. The fourth-order valence-corrected chi connectivity index (χ4v) is 2.60. The van der Waals surface area contributed by atoms with E-state index in [0.29, 0.717) is 0 Å². The number of aliphatic imine (C=N–C) groups is 1. The molecule has 2 rings (SSSR count). The molecule has 1 saturated heterocycles. The zero-order valence-corrected chi connectivity index (χ0v) is 17.2. The molecular formula is C18H31IN4O. The summed E-state index contributed by atoms with van der Waals surface area (Å²) in [4.78, 5) is 6.76. The molecule has 1 heterocycles. The van der Waals surface area contributed by atoms with Crippen LogP contribution >= 0.6 is 24.0 Å². The maximum atomic E-state index is 5.37. The highest BCUT2D eigenvalue weighted by Crippen LogP contribution is 2.02. The molecule has 1 aromatic rings. The molecule has 1 fully saturated rings. The van der Waals surface area contributed by atoms with Crippen molar-refractivity contribution in [3.8, 4) is 0 Å². The maximum absolute atomic E-state index is 5.37. The highest BCUT2D eigenvalue weighted by molar-refractivity contribution is 14.0. The highest BCUT2D eigenvalue weighted by Gasteiger charge is 2.09. The molecule has 0 bridgehead atoms. The monoisotopic (exact) mass is 446 g/mol. The van der Waals surface area contributed by atoms with E-state index in [9.17, 15) is 0 Å². The van der Waals surface area contributed by atoms with Crippen LogP contribution in [0.5, 0.6) is 0 Å². The Bertz CT molecular complexity index is 472. The minimum atomic E-state index is 0. The Balaban J connectivity index is 0.00000288. The molecular weight excluding hydrogens is 415 g/mol. The van der Waals surface area contributed by atoms with Gasteiger partial charge in [0.1, 0.15) is 0 Å². The summed E-state index contributed by atoms with van der Waals surface area (Å²) in [6.45, 7) is 8.95. The van der Waals surface area contributed by atoms with Crippen LogP contribution in [0.4, 0.5) is 0 Å². The van der Waals surface area contributed by atoms with Gasteiger partial charge < -0.3 is 15.4 Å². The summed E-state index contributed by atoms with van der Waals surface area (Å²) >= 11 is 0. The first-order valence-corrected chi connectivity index (χ1v) is 8.58. The first kappa shape index (κ1) is 21.2. The number of hydrogen-bond acceptors (Lipinski definition) is 3. The number of ether oxygens (including phenoxy) is 1. The van der Waals surface area contributed by atoms with Gasteiger partial charge in [0.05, 0.1) is 13.2 Å². The zero-order valence-electron chi connectivity index (χ0n) is 14.9. The Morgan fingerprint density at radius 2 is 1.83 bits per heavy atom. The van der Waals surface area contributed by atoms with Crippen molar-refractivity contribution in [2.24, 2.45) is 4.99 Å². The number of benzene rings is 1. The predicted octanol–water partition coefficient (Wildman–Crippen LogP) is 2.39. The molecule has 24 heavy (non-hydrogen) atoms. The maximum Gasteiger partial charge on any atom is 0.191 e. The second-order valence-electron chi connectivity index (χ2n) is 6.00. The van der Waals surface area contributed by atoms with Crippen LogP contribution in [0.15, 0.2) is 29.3 Å². The normalized spacial score (nSPS) is 15.7. The number of halogens is 1. The van der Waals surface area contributed by atoms with E-state index in [1.165, 1.54) is 24.1 Å². The summed E-state index contributed by atoms with van der Waals surface area (Å²) in [7, 11) is 1.82. The molecule has 1 aromatic carbocycles. The Labute approximate surface area is 163 Å². The third kappa shape index (κ3) is 8.30. The van der Waals surface area contributed by atoms with Gasteiger partial charge in [-0.1, -0.05) is 29.8 Å². The summed E-state index contributed by atoms with van der Waals surface area (Å²) in [5, 5.41) is 6.74. The fraction of sp³-hybridized carbons (Fsp3) is 0.611. The van der Waals surface area contributed by atoms with Crippen LogP contribution in [0.25, 0.3) is 0 Å². The van der Waals surface area contributed by atoms with E-state index >= 15 is 0 Å². The molecule has 6 heteroatoms. The van der Waals surface area contributed by atoms with Crippen LogP contribution in [-0.4, -0.2) is 57.3 Å². The molecule has 0 unspecified atom stereocenters. The lowest BCUT2D eigenvalue weighted by Gasteiger charge is -2.26. The lowest BCUT2D eigenvalue weighted by molar-refractivity contribution is 0.0372. The third-order valence-corrected chi connectivity index (χ3v) is 4.10. The van der Waals surface area contributed by atoms with Crippen LogP contribution in [-0.2, 0) is 11.3 Å². The van der Waals surface area contributed by atoms with Gasteiger partial charge in [-0.25, -0.2) is 0 Å². The van der Waals surface area contributed by atoms with Crippen molar-refractivity contribution in [2.45, 2.75) is 26.3 Å². The van der Waals surface area contributed by atoms with Crippen LogP contribution < -0.4 is 10.6 Å². The van der Waals surface area contributed by atoms with Crippen molar-refractivity contribution >= 4 is 29.9 Å². The average molecular weight is 446 g/mol. The van der Waals surface area contributed by atoms with Gasteiger partial charge in [-0.2, -0.15) is 0 Å². The van der Waals surface area contributed by atoms with E-state index in [4.69, 9.17) is 4.74 Å². The molecule has 2 N–H and O–H groups in total. The second kappa shape index (κ2) is 12.5. The largest absolute Gasteiger partial charge is 0.379 e. The van der Waals surface area contributed by atoms with Gasteiger partial charge in [0.15, 0.2) is 5.96 Å². The van der Waals surface area contributed by atoms with Gasteiger partial charge in [-0.15, -0.1) is 24.0 Å². The summed E-state index contributed by atoms with van der Waals surface area (Å²) in [5.74, 6) is 0.872. The van der Waals surface area contributed by atoms with Gasteiger partial charge >= 0.3 is 0 Å². The van der Waals surface area contributed by atoms with Crippen molar-refractivity contribution in [1.82, 2.24) is 15.5 Å². The number of hydrogen-bond donors (Lipinski definition) is 2. The first-order valence-electron chi connectivity index (χ1n) is 8.58. The number of rotatable bonds is 7. The molecule has 0 amide bonds. The van der Waals surface area contributed by atoms with E-state index in [2.05, 4.69) is 51.7 Å². The summed E-state index contributed by atoms with van der Waals surface area (Å²) < 4.78 is 5.37. The molecule has 0 atom stereocenters. The molecule has 1 aliphatic rings. The predicted molar refractivity (Wildman–Crippen MR) is 111 cm³/mol. The second-order valence-corrected chi connectivity index (χ2v) is 6.00. The summed E-state index contributed by atoms with van der Waals surface area (Å²) in [6.07, 6.45) is 2.37. The standard InChI is InChI=1S/C18H30N4O.HI/c1-16-5-7-17(8-6-16)15-21-18(19-2)20-9-3-4-10-22-11-13-23-14-12-22;/h5-8H,3-4,9-15H2,1-2H3,(H2,19,20,21);1H. The van der Waals surface area contributed by atoms with E-state index in [1.54, 1.807) is 0 Å². The Morgan fingerprint density at radius 3 is 2.50 bits per heavy atom. The molecule has 0 aliphatic carbocycles. The van der Waals surface area contributed by atoms with Crippen molar-refractivity contribution in [3.63, 3.8) is 0 Å². The average Bonchev–Trinajstić information content (AvgIpc) is 2.59. The van der Waals surface area contributed by atoms with Crippen molar-refractivity contribution < 1.29 is 4.74 Å². The topological polar surface area (TPSA) is 48.9 Å². The van der Waals surface area contributed by atoms with Crippen molar-refractivity contribution in [2.75, 3.05) is 46.4 Å². The van der Waals surface area contributed by atoms with Crippen LogP contribution in [0.1, 0.15) is 24.0 Å². The number of aryl methyl sites for hydroxylation is 1. The van der Waals surface area contributed by atoms with Crippen LogP contribution in [0.3, 0.4) is 0 Å². The molecule has 1 aliphatic heterocycles. The lowest BCUT2D eigenvalue weighted by atomic mass is 10.1. The quantitative estimate of drug-likeness (QED) is 0.292. The Hall–Kier alpha value is -0.860. The van der Waals surface area contributed by atoms with Gasteiger partial charge in [0, 0.05) is 33.2 Å². The third-order valence-electron chi connectivity index (χ3n) is 4.10. The Kier molecular flexibility index (Phi) is 11.0. The number of morpholine rings is 1. The summed E-state index contributed by atoms with van der Waals surface area (Å²) in [5.41, 5.74) is 2.56. The van der Waals surface area contributed by atoms with E-state index in [-0.39, 0.29) is 24.0 Å². The SMILES string of the molecule is CN=C(NCCCCN1CCOCC1)NCc1ccc(C)cc1.I. The van der Waals surface area contributed by atoms with E-state index in [0.717, 1.165) is 51.8 Å². The number of nitrogens with zero attached hydrogens (tertiary/aromatic N) is 2. The van der Waals surface area contributed by atoms with Crippen LogP contribution in [0.2, 0.25) is 0 Å². The fourth-order valence-electron chi connectivity index (χ4n) is 2.60.